The van der Waals surface area contributed by atoms with Crippen molar-refractivity contribution in [1.82, 2.24) is 4.90 Å². The van der Waals surface area contributed by atoms with Crippen LogP contribution in [0.1, 0.15) is 32.6 Å². The Labute approximate surface area is 159 Å². The topological polar surface area (TPSA) is 12.5 Å². The second kappa shape index (κ2) is 8.01. The maximum Gasteiger partial charge on any atom is 0.429 e. The van der Waals surface area contributed by atoms with Crippen LogP contribution in [-0.4, -0.2) is 66.6 Å². The molecule has 2 heterocycles. The van der Waals surface area contributed by atoms with Gasteiger partial charge in [-0.3, -0.25) is 4.90 Å². The molecule has 0 N–H and O–H groups in total. The number of rotatable bonds is 5. The summed E-state index contributed by atoms with van der Waals surface area (Å²) in [4.78, 5) is 0.565. The van der Waals surface area contributed by atoms with Crippen molar-refractivity contribution in [2.75, 3.05) is 13.1 Å². The Morgan fingerprint density at radius 3 is 1.72 bits per heavy atom. The molecule has 2 aliphatic heterocycles. The second-order valence-corrected chi connectivity index (χ2v) is 7.59. The monoisotopic (exact) mass is 451 g/mol. The molecule has 2 rings (SSSR count). The summed E-state index contributed by atoms with van der Waals surface area (Å²) in [5, 5.41) is 0. The summed E-state index contributed by atoms with van der Waals surface area (Å²) in [6.45, 7) is 1.31. The first-order chi connectivity index (χ1) is 13.0. The minimum absolute atomic E-state index is 0.0630. The summed E-state index contributed by atoms with van der Waals surface area (Å²) in [7, 11) is 0. The molecular formula is C16H20F11NO. The molecule has 0 aliphatic carbocycles. The number of likely N-dealkylation sites (tertiary alicyclic amines) is 1. The molecule has 0 saturated carbocycles. The van der Waals surface area contributed by atoms with E-state index in [0.717, 1.165) is 0 Å². The molecular weight excluding hydrogens is 431 g/mol. The minimum Gasteiger partial charge on any atom is -0.365 e. The Balaban J connectivity index is 2.24. The lowest BCUT2D eigenvalue weighted by molar-refractivity contribution is -0.315. The zero-order chi connectivity index (χ0) is 22.4. The van der Waals surface area contributed by atoms with Crippen molar-refractivity contribution in [3.63, 3.8) is 0 Å². The first kappa shape index (κ1) is 24.4. The third kappa shape index (κ3) is 4.59. The number of hydrogen-bond acceptors (Lipinski definition) is 2. The highest BCUT2D eigenvalue weighted by atomic mass is 19.4. The maximum atomic E-state index is 15.0. The van der Waals surface area contributed by atoms with Crippen molar-refractivity contribution in [1.29, 1.82) is 0 Å². The van der Waals surface area contributed by atoms with Gasteiger partial charge in [-0.25, -0.2) is 22.0 Å². The van der Waals surface area contributed by atoms with Crippen LogP contribution < -0.4 is 0 Å². The van der Waals surface area contributed by atoms with E-state index in [-0.39, 0.29) is 31.8 Å². The van der Waals surface area contributed by atoms with E-state index in [1.54, 1.807) is 6.92 Å². The Hall–Kier alpha value is -0.850. The lowest BCUT2D eigenvalue weighted by Gasteiger charge is -2.42. The van der Waals surface area contributed by atoms with E-state index in [9.17, 15) is 43.9 Å². The molecule has 0 amide bonds. The van der Waals surface area contributed by atoms with Gasteiger partial charge in [0.25, 0.3) is 11.8 Å². The Bertz CT molecular complexity index is 558. The van der Waals surface area contributed by atoms with Crippen LogP contribution in [0, 0.1) is 5.92 Å². The zero-order valence-electron chi connectivity index (χ0n) is 15.1. The van der Waals surface area contributed by atoms with Crippen LogP contribution in [-0.2, 0) is 4.74 Å². The fourth-order valence-corrected chi connectivity index (χ4v) is 3.60. The first-order valence-corrected chi connectivity index (χ1v) is 8.90. The molecule has 0 aromatic rings. The molecule has 0 aromatic heterocycles. The van der Waals surface area contributed by atoms with Gasteiger partial charge in [0.2, 0.25) is 0 Å². The Morgan fingerprint density at radius 1 is 0.793 bits per heavy atom. The maximum absolute atomic E-state index is 15.0. The summed E-state index contributed by atoms with van der Waals surface area (Å²) in [6.07, 6.45) is -27.5. The van der Waals surface area contributed by atoms with E-state index in [4.69, 9.17) is 0 Å². The first-order valence-electron chi connectivity index (χ1n) is 8.90. The van der Waals surface area contributed by atoms with Crippen LogP contribution in [0.2, 0.25) is 0 Å². The Kier molecular flexibility index (Phi) is 6.74. The SMILES string of the molecule is CC1CCN(C(F)C(F)(C2CCC(C(F)(F)C(F)C(F)(F)F)O2)C(F)(F)F)CC1. The normalized spacial score (nSPS) is 30.2. The van der Waals surface area contributed by atoms with Crippen molar-refractivity contribution >= 4 is 0 Å². The van der Waals surface area contributed by atoms with E-state index in [1.807, 2.05) is 0 Å². The van der Waals surface area contributed by atoms with Gasteiger partial charge >= 0.3 is 18.3 Å². The van der Waals surface area contributed by atoms with Crippen LogP contribution >= 0.6 is 0 Å². The van der Waals surface area contributed by atoms with Gasteiger partial charge in [0.05, 0.1) is 0 Å². The molecule has 29 heavy (non-hydrogen) atoms. The third-order valence-electron chi connectivity index (χ3n) is 5.46. The molecule has 5 unspecified atom stereocenters. The standard InChI is InChI=1S/C16H20F11NO/c1-8-4-6-28(7-5-8)12(18)13(19,16(25,26)27)9-2-3-10(29-9)14(20,21)11(17)15(22,23)24/h8-12H,2-7H2,1H3. The molecule has 0 radical (unpaired) electrons. The van der Waals surface area contributed by atoms with Crippen molar-refractivity contribution in [2.24, 2.45) is 5.92 Å². The predicted molar refractivity (Wildman–Crippen MR) is 78.6 cm³/mol. The number of piperidine rings is 1. The van der Waals surface area contributed by atoms with Crippen molar-refractivity contribution in [2.45, 2.75) is 81.2 Å². The van der Waals surface area contributed by atoms with Crippen LogP contribution in [0.5, 0.6) is 0 Å². The number of halogens is 11. The summed E-state index contributed by atoms with van der Waals surface area (Å²) < 4.78 is 152. The smallest absolute Gasteiger partial charge is 0.365 e. The fraction of sp³-hybridized carbons (Fsp3) is 1.00. The van der Waals surface area contributed by atoms with Gasteiger partial charge in [-0.2, -0.15) is 26.3 Å². The summed E-state index contributed by atoms with van der Waals surface area (Å²) in [5.41, 5.74) is -4.76. The van der Waals surface area contributed by atoms with Gasteiger partial charge in [-0.1, -0.05) is 6.92 Å². The summed E-state index contributed by atoms with van der Waals surface area (Å²) in [5.74, 6) is -5.20. The molecule has 0 spiro atoms. The molecule has 0 aromatic carbocycles. The van der Waals surface area contributed by atoms with Gasteiger partial charge in [-0.05, 0) is 31.6 Å². The third-order valence-corrected chi connectivity index (χ3v) is 5.46. The van der Waals surface area contributed by atoms with E-state index < -0.39 is 61.5 Å². The lowest BCUT2D eigenvalue weighted by Crippen LogP contribution is -2.63. The van der Waals surface area contributed by atoms with Gasteiger partial charge in [0.1, 0.15) is 12.2 Å². The largest absolute Gasteiger partial charge is 0.429 e. The number of ether oxygens (including phenoxy) is 1. The quantitative estimate of drug-likeness (QED) is 0.412. The van der Waals surface area contributed by atoms with Gasteiger partial charge in [-0.15, -0.1) is 0 Å². The van der Waals surface area contributed by atoms with E-state index in [2.05, 4.69) is 4.74 Å². The lowest BCUT2D eigenvalue weighted by atomic mass is 9.91. The molecule has 2 aliphatic rings. The molecule has 5 atom stereocenters. The van der Waals surface area contributed by atoms with Crippen molar-refractivity contribution < 1.29 is 53.0 Å². The van der Waals surface area contributed by atoms with Crippen LogP contribution in [0.4, 0.5) is 48.3 Å². The number of hydrogen-bond donors (Lipinski definition) is 0. The summed E-state index contributed by atoms with van der Waals surface area (Å²) >= 11 is 0. The molecule has 2 saturated heterocycles. The van der Waals surface area contributed by atoms with Crippen molar-refractivity contribution in [3.05, 3.63) is 0 Å². The minimum atomic E-state index is -6.01. The van der Waals surface area contributed by atoms with Gasteiger partial charge in [0, 0.05) is 13.1 Å². The van der Waals surface area contributed by atoms with Crippen LogP contribution in [0.15, 0.2) is 0 Å². The second-order valence-electron chi connectivity index (χ2n) is 7.59. The van der Waals surface area contributed by atoms with Crippen LogP contribution in [0.3, 0.4) is 0 Å². The zero-order valence-corrected chi connectivity index (χ0v) is 15.1. The highest BCUT2D eigenvalue weighted by molar-refractivity contribution is 5.05. The molecule has 13 heteroatoms. The molecule has 0 bridgehead atoms. The van der Waals surface area contributed by atoms with E-state index in [1.165, 1.54) is 0 Å². The van der Waals surface area contributed by atoms with E-state index >= 15 is 4.39 Å². The van der Waals surface area contributed by atoms with Crippen molar-refractivity contribution in [3.8, 4) is 0 Å². The average molecular weight is 451 g/mol. The highest BCUT2D eigenvalue weighted by Crippen LogP contribution is 2.50. The Morgan fingerprint density at radius 2 is 1.28 bits per heavy atom. The number of alkyl halides is 11. The molecule has 172 valence electrons. The van der Waals surface area contributed by atoms with Gasteiger partial charge in [0.15, 0.2) is 6.30 Å². The van der Waals surface area contributed by atoms with Crippen LogP contribution in [0.25, 0.3) is 0 Å². The number of nitrogens with zero attached hydrogens (tertiary/aromatic N) is 1. The molecule has 2 nitrogen and oxygen atoms in total. The van der Waals surface area contributed by atoms with Gasteiger partial charge < -0.3 is 4.74 Å². The predicted octanol–water partition coefficient (Wildman–Crippen LogP) is 5.37. The highest BCUT2D eigenvalue weighted by Gasteiger charge is 2.71. The van der Waals surface area contributed by atoms with E-state index in [0.29, 0.717) is 4.90 Å². The molecule has 2 fully saturated rings. The summed E-state index contributed by atoms with van der Waals surface area (Å²) in [6, 6.07) is 0. The fourth-order valence-electron chi connectivity index (χ4n) is 3.60. The average Bonchev–Trinajstić information content (AvgIpc) is 3.09.